The van der Waals surface area contributed by atoms with Crippen LogP contribution in [0.5, 0.6) is 5.75 Å². The maximum Gasteiger partial charge on any atom is 0.116 e. The van der Waals surface area contributed by atoms with Crippen LogP contribution in [0.2, 0.25) is 0 Å². The molecule has 1 heterocycles. The van der Waals surface area contributed by atoms with E-state index in [9.17, 15) is 5.11 Å². The van der Waals surface area contributed by atoms with E-state index in [-0.39, 0.29) is 0 Å². The van der Waals surface area contributed by atoms with E-state index in [1.807, 2.05) is 20.0 Å². The van der Waals surface area contributed by atoms with Gasteiger partial charge in [0.15, 0.2) is 0 Å². The number of aromatic nitrogens is 1. The van der Waals surface area contributed by atoms with Crippen LogP contribution >= 0.6 is 15.9 Å². The Balaban J connectivity index is 2.95. The number of phenols is 1. The largest absolute Gasteiger partial charge is 0.508 e. The van der Waals surface area contributed by atoms with Gasteiger partial charge < -0.3 is 9.67 Å². The number of aromatic hydroxyl groups is 1. The summed E-state index contributed by atoms with van der Waals surface area (Å²) in [5, 5.41) is 10.4. The van der Waals surface area contributed by atoms with Crippen LogP contribution in [0, 0.1) is 6.92 Å². The van der Waals surface area contributed by atoms with Crippen LogP contribution < -0.4 is 0 Å². The molecule has 0 atom stereocenters. The van der Waals surface area contributed by atoms with Crippen molar-refractivity contribution in [1.82, 2.24) is 4.57 Å². The van der Waals surface area contributed by atoms with Crippen molar-refractivity contribution < 1.29 is 5.11 Å². The number of hydrogen-bond donors (Lipinski definition) is 1. The lowest BCUT2D eigenvalue weighted by Gasteiger charge is -1.96. The fraction of sp³-hybridized carbons (Fsp3) is 0.200. The molecule has 0 saturated heterocycles. The number of rotatable bonds is 0. The molecule has 0 amide bonds. The van der Waals surface area contributed by atoms with Gasteiger partial charge in [0.1, 0.15) is 5.75 Å². The smallest absolute Gasteiger partial charge is 0.116 e. The third kappa shape index (κ3) is 1.15. The Morgan fingerprint density at radius 3 is 2.77 bits per heavy atom. The predicted molar refractivity (Wildman–Crippen MR) is 57.0 cm³/mol. The zero-order valence-corrected chi connectivity index (χ0v) is 9.09. The van der Waals surface area contributed by atoms with Crippen molar-refractivity contribution in [2.24, 2.45) is 7.05 Å². The highest BCUT2D eigenvalue weighted by Gasteiger charge is 2.08. The van der Waals surface area contributed by atoms with Gasteiger partial charge in [0.05, 0.1) is 4.60 Å². The monoisotopic (exact) mass is 239 g/mol. The lowest BCUT2D eigenvalue weighted by molar-refractivity contribution is 0.476. The summed E-state index contributed by atoms with van der Waals surface area (Å²) in [5.41, 5.74) is 2.29. The molecule has 3 heteroatoms. The fourth-order valence-electron chi connectivity index (χ4n) is 1.59. The molecule has 0 unspecified atom stereocenters. The second kappa shape index (κ2) is 2.77. The summed E-state index contributed by atoms with van der Waals surface area (Å²) >= 11 is 3.50. The zero-order valence-electron chi connectivity index (χ0n) is 7.50. The first-order valence-corrected chi connectivity index (χ1v) is 4.84. The van der Waals surface area contributed by atoms with E-state index in [0.29, 0.717) is 5.75 Å². The van der Waals surface area contributed by atoms with Gasteiger partial charge in [0.2, 0.25) is 0 Å². The van der Waals surface area contributed by atoms with Crippen LogP contribution in [0.15, 0.2) is 22.8 Å². The van der Waals surface area contributed by atoms with Crippen molar-refractivity contribution in [1.29, 1.82) is 0 Å². The molecule has 1 aromatic carbocycles. The predicted octanol–water partition coefficient (Wildman–Crippen LogP) is 2.95. The minimum Gasteiger partial charge on any atom is -0.508 e. The highest BCUT2D eigenvalue weighted by molar-refractivity contribution is 9.10. The SMILES string of the molecule is Cc1c(Br)n(C)c2ccc(O)cc12. The summed E-state index contributed by atoms with van der Waals surface area (Å²) in [5.74, 6) is 0.314. The van der Waals surface area contributed by atoms with E-state index in [1.165, 1.54) is 0 Å². The lowest BCUT2D eigenvalue weighted by atomic mass is 10.2. The Kier molecular flexibility index (Phi) is 1.84. The summed E-state index contributed by atoms with van der Waals surface area (Å²) in [7, 11) is 2.00. The van der Waals surface area contributed by atoms with Crippen molar-refractivity contribution >= 4 is 26.8 Å². The van der Waals surface area contributed by atoms with Gasteiger partial charge in [0, 0.05) is 18.0 Å². The van der Waals surface area contributed by atoms with Crippen LogP contribution in [0.25, 0.3) is 10.9 Å². The Morgan fingerprint density at radius 2 is 2.08 bits per heavy atom. The molecule has 0 spiro atoms. The summed E-state index contributed by atoms with van der Waals surface area (Å²) in [6, 6.07) is 5.41. The van der Waals surface area contributed by atoms with E-state index in [2.05, 4.69) is 20.5 Å². The number of fused-ring (bicyclic) bond motifs is 1. The number of benzene rings is 1. The molecule has 0 radical (unpaired) electrons. The molecule has 0 saturated carbocycles. The van der Waals surface area contributed by atoms with Gasteiger partial charge in [-0.15, -0.1) is 0 Å². The topological polar surface area (TPSA) is 25.2 Å². The van der Waals surface area contributed by atoms with Gasteiger partial charge in [-0.2, -0.15) is 0 Å². The summed E-state index contributed by atoms with van der Waals surface area (Å²) in [6.07, 6.45) is 0. The van der Waals surface area contributed by atoms with Crippen LogP contribution in [0.3, 0.4) is 0 Å². The van der Waals surface area contributed by atoms with Gasteiger partial charge in [-0.05, 0) is 46.6 Å². The third-order valence-electron chi connectivity index (χ3n) is 2.35. The molecular formula is C10H10BrNO. The molecule has 0 aliphatic heterocycles. The van der Waals surface area contributed by atoms with Gasteiger partial charge in [-0.1, -0.05) is 0 Å². The molecule has 2 rings (SSSR count). The Labute approximate surface area is 84.9 Å². The first-order valence-electron chi connectivity index (χ1n) is 4.05. The average molecular weight is 240 g/mol. The maximum absolute atomic E-state index is 9.33. The molecule has 68 valence electrons. The van der Waals surface area contributed by atoms with Crippen molar-refractivity contribution in [2.75, 3.05) is 0 Å². The number of halogens is 1. The summed E-state index contributed by atoms with van der Waals surface area (Å²) in [6.45, 7) is 2.03. The van der Waals surface area contributed by atoms with Crippen LogP contribution in [-0.4, -0.2) is 9.67 Å². The molecule has 2 aromatic rings. The van der Waals surface area contributed by atoms with Gasteiger partial charge in [-0.3, -0.25) is 0 Å². The lowest BCUT2D eigenvalue weighted by Crippen LogP contribution is -1.85. The molecule has 0 aliphatic carbocycles. The average Bonchev–Trinajstić information content (AvgIpc) is 2.32. The zero-order chi connectivity index (χ0) is 9.59. The molecule has 1 aromatic heterocycles. The first kappa shape index (κ1) is 8.63. The second-order valence-electron chi connectivity index (χ2n) is 3.18. The molecule has 2 nitrogen and oxygen atoms in total. The molecule has 1 N–H and O–H groups in total. The Morgan fingerprint density at radius 1 is 1.38 bits per heavy atom. The first-order chi connectivity index (χ1) is 6.11. The van der Waals surface area contributed by atoms with Gasteiger partial charge in [0.25, 0.3) is 0 Å². The van der Waals surface area contributed by atoms with E-state index < -0.39 is 0 Å². The van der Waals surface area contributed by atoms with Crippen molar-refractivity contribution in [2.45, 2.75) is 6.92 Å². The normalized spacial score (nSPS) is 11.0. The number of hydrogen-bond acceptors (Lipinski definition) is 1. The van der Waals surface area contributed by atoms with E-state index in [1.54, 1.807) is 12.1 Å². The highest BCUT2D eigenvalue weighted by atomic mass is 79.9. The third-order valence-corrected chi connectivity index (χ3v) is 3.48. The second-order valence-corrected chi connectivity index (χ2v) is 3.93. The minimum absolute atomic E-state index is 0.314. The van der Waals surface area contributed by atoms with E-state index in [0.717, 1.165) is 21.1 Å². The maximum atomic E-state index is 9.33. The molecule has 0 aliphatic rings. The van der Waals surface area contributed by atoms with Crippen LogP contribution in [0.4, 0.5) is 0 Å². The van der Waals surface area contributed by atoms with Crippen LogP contribution in [0.1, 0.15) is 5.56 Å². The number of aryl methyl sites for hydroxylation is 2. The summed E-state index contributed by atoms with van der Waals surface area (Å²) in [4.78, 5) is 0. The van der Waals surface area contributed by atoms with E-state index >= 15 is 0 Å². The minimum atomic E-state index is 0.314. The van der Waals surface area contributed by atoms with Crippen molar-refractivity contribution in [3.63, 3.8) is 0 Å². The van der Waals surface area contributed by atoms with Crippen LogP contribution in [-0.2, 0) is 7.05 Å². The van der Waals surface area contributed by atoms with Gasteiger partial charge in [-0.25, -0.2) is 0 Å². The number of nitrogens with zero attached hydrogens (tertiary/aromatic N) is 1. The van der Waals surface area contributed by atoms with Crippen molar-refractivity contribution in [3.8, 4) is 5.75 Å². The Hall–Kier alpha value is -0.960. The highest BCUT2D eigenvalue weighted by Crippen LogP contribution is 2.30. The molecule has 0 bridgehead atoms. The van der Waals surface area contributed by atoms with Gasteiger partial charge >= 0.3 is 0 Å². The molecular weight excluding hydrogens is 230 g/mol. The van der Waals surface area contributed by atoms with Crippen molar-refractivity contribution in [3.05, 3.63) is 28.4 Å². The molecule has 13 heavy (non-hydrogen) atoms. The summed E-state index contributed by atoms with van der Waals surface area (Å²) < 4.78 is 3.12. The standard InChI is InChI=1S/C10H10BrNO/c1-6-8-5-7(13)3-4-9(8)12(2)10(6)11/h3-5,13H,1-2H3. The fourth-order valence-corrected chi connectivity index (χ4v) is 1.99. The number of phenolic OH excluding ortho intramolecular Hbond substituents is 1. The van der Waals surface area contributed by atoms with E-state index in [4.69, 9.17) is 0 Å². The molecule has 0 fully saturated rings. The Bertz CT molecular complexity index is 473. The quantitative estimate of drug-likeness (QED) is 0.752.